The van der Waals surface area contributed by atoms with Crippen molar-refractivity contribution in [2.75, 3.05) is 10.6 Å². The molecule has 44 heavy (non-hydrogen) atoms. The lowest BCUT2D eigenvalue weighted by molar-refractivity contribution is 0.104. The molecule has 0 unspecified atom stereocenters. The third-order valence-electron chi connectivity index (χ3n) is 7.10. The first-order valence-corrected chi connectivity index (χ1v) is 15.9. The number of hydrogen-bond donors (Lipinski definition) is 4. The number of benzene rings is 4. The van der Waals surface area contributed by atoms with Gasteiger partial charge in [-0.25, -0.2) is 0 Å². The molecule has 0 radical (unpaired) electrons. The van der Waals surface area contributed by atoms with Gasteiger partial charge in [-0.1, -0.05) is 72.8 Å². The van der Waals surface area contributed by atoms with Crippen molar-refractivity contribution < 1.29 is 35.5 Å². The van der Waals surface area contributed by atoms with Gasteiger partial charge in [0.1, 0.15) is 9.79 Å². The van der Waals surface area contributed by atoms with Crippen LogP contribution in [0.25, 0.3) is 23.5 Å². The molecule has 2 aliphatic rings. The van der Waals surface area contributed by atoms with E-state index in [4.69, 9.17) is 0 Å². The average Bonchev–Trinajstić information content (AvgIpc) is 3.47. The Morgan fingerprint density at radius 2 is 0.886 bits per heavy atom. The Balaban J connectivity index is 1.31. The van der Waals surface area contributed by atoms with Gasteiger partial charge in [0.15, 0.2) is 11.6 Å². The van der Waals surface area contributed by atoms with Gasteiger partial charge in [-0.3, -0.25) is 18.7 Å². The molecule has 4 N–H and O–H groups in total. The predicted octanol–water partition coefficient (Wildman–Crippen LogP) is 5.65. The maximum Gasteiger partial charge on any atom is 0.295 e. The molecular formula is C32H22N2O8S2. The number of hydrogen-bond acceptors (Lipinski definition) is 8. The van der Waals surface area contributed by atoms with Gasteiger partial charge in [-0.05, 0) is 35.4 Å². The topological polar surface area (TPSA) is 167 Å². The second-order valence-corrected chi connectivity index (χ2v) is 12.8. The normalized spacial score (nSPS) is 14.3. The van der Waals surface area contributed by atoms with E-state index in [1.165, 1.54) is 60.7 Å². The summed E-state index contributed by atoms with van der Waals surface area (Å²) < 4.78 is 69.1. The average molecular weight is 627 g/mol. The summed E-state index contributed by atoms with van der Waals surface area (Å²) in [5.41, 5.74) is 3.83. The van der Waals surface area contributed by atoms with E-state index in [-0.39, 0.29) is 34.1 Å². The number of ketones is 2. The van der Waals surface area contributed by atoms with Crippen molar-refractivity contribution in [2.45, 2.75) is 9.79 Å². The van der Waals surface area contributed by atoms with Crippen molar-refractivity contribution in [1.29, 1.82) is 0 Å². The molecule has 220 valence electrons. The van der Waals surface area contributed by atoms with Crippen LogP contribution in [-0.2, 0) is 20.2 Å². The lowest BCUT2D eigenvalue weighted by Gasteiger charge is -2.12. The minimum absolute atomic E-state index is 0.0321. The molecule has 12 heteroatoms. The lowest BCUT2D eigenvalue weighted by Crippen LogP contribution is -2.04. The molecule has 4 aromatic carbocycles. The maximum absolute atomic E-state index is 12.3. The van der Waals surface area contributed by atoms with E-state index in [0.29, 0.717) is 33.6 Å². The van der Waals surface area contributed by atoms with Crippen molar-refractivity contribution >= 4 is 66.7 Å². The van der Waals surface area contributed by atoms with Gasteiger partial charge in [-0.2, -0.15) is 16.8 Å². The van der Waals surface area contributed by atoms with E-state index in [9.17, 15) is 35.5 Å². The van der Waals surface area contributed by atoms with Crippen LogP contribution < -0.4 is 10.6 Å². The minimum atomic E-state index is -4.74. The van der Waals surface area contributed by atoms with E-state index < -0.39 is 30.0 Å². The van der Waals surface area contributed by atoms with Crippen LogP contribution in [0.15, 0.2) is 107 Å². The zero-order chi connectivity index (χ0) is 31.2. The molecule has 0 saturated carbocycles. The van der Waals surface area contributed by atoms with Gasteiger partial charge in [0.2, 0.25) is 0 Å². The largest absolute Gasteiger partial charge is 0.355 e. The van der Waals surface area contributed by atoms with Crippen LogP contribution in [-0.4, -0.2) is 37.5 Å². The summed E-state index contributed by atoms with van der Waals surface area (Å²) in [4.78, 5) is 23.6. The summed E-state index contributed by atoms with van der Waals surface area (Å²) in [7, 11) is -9.48. The predicted molar refractivity (Wildman–Crippen MR) is 166 cm³/mol. The number of carbonyl (C=O) groups excluding carboxylic acids is 2. The molecule has 0 atom stereocenters. The Bertz CT molecular complexity index is 2060. The molecule has 0 heterocycles. The van der Waals surface area contributed by atoms with Crippen molar-refractivity contribution in [3.63, 3.8) is 0 Å². The first-order chi connectivity index (χ1) is 20.9. The minimum Gasteiger partial charge on any atom is -0.355 e. The summed E-state index contributed by atoms with van der Waals surface area (Å²) in [6, 6.07) is 22.1. The Morgan fingerprint density at radius 3 is 1.25 bits per heavy atom. The molecule has 10 nitrogen and oxygen atoms in total. The van der Waals surface area contributed by atoms with Crippen molar-refractivity contribution in [1.82, 2.24) is 0 Å². The highest BCUT2D eigenvalue weighted by molar-refractivity contribution is 7.86. The van der Waals surface area contributed by atoms with Gasteiger partial charge < -0.3 is 10.6 Å². The van der Waals surface area contributed by atoms with E-state index in [1.54, 1.807) is 48.5 Å². The fraction of sp³-hybridized carbons (Fsp3) is 0. The van der Waals surface area contributed by atoms with Crippen LogP contribution >= 0.6 is 0 Å². The molecular weight excluding hydrogens is 604 g/mol. The van der Waals surface area contributed by atoms with Crippen LogP contribution in [0, 0.1) is 0 Å². The van der Waals surface area contributed by atoms with Crippen molar-refractivity contribution in [2.24, 2.45) is 0 Å². The summed E-state index contributed by atoms with van der Waals surface area (Å²) in [5.74, 6) is -0.404. The highest BCUT2D eigenvalue weighted by Crippen LogP contribution is 2.32. The molecule has 0 spiro atoms. The number of nitrogens with one attached hydrogen (secondary N) is 2. The molecule has 0 aliphatic heterocycles. The second-order valence-electron chi connectivity index (χ2n) is 9.97. The number of fused-ring (bicyclic) bond motifs is 2. The Hall–Kier alpha value is -5.14. The summed E-state index contributed by atoms with van der Waals surface area (Å²) in [6.07, 6.45) is 5.35. The molecule has 6 rings (SSSR count). The Labute approximate surface area is 252 Å². The van der Waals surface area contributed by atoms with Crippen molar-refractivity contribution in [3.05, 3.63) is 130 Å². The smallest absolute Gasteiger partial charge is 0.295 e. The number of allylic oxidation sites excluding steroid dienone is 2. The monoisotopic (exact) mass is 626 g/mol. The molecule has 0 saturated heterocycles. The summed E-state index contributed by atoms with van der Waals surface area (Å²) >= 11 is 0. The molecule has 0 bridgehead atoms. The first-order valence-electron chi connectivity index (χ1n) is 13.0. The van der Waals surface area contributed by atoms with E-state index in [0.717, 1.165) is 0 Å². The molecule has 0 aromatic heterocycles. The number of carbonyl (C=O) groups is 2. The summed E-state index contributed by atoms with van der Waals surface area (Å²) in [5, 5.41) is 6.02. The highest BCUT2D eigenvalue weighted by Gasteiger charge is 2.23. The standard InChI is InChI=1S/C32H22N2O8S2/c35-29-17-27(23-5-1-3-7-25(23)29)33-21-13-11-19(31(15-21)43(37,38)39)9-10-20-12-14-22(16-32(20)44(40,41)42)34-28-18-30(36)26-8-4-2-6-24(26)28/h1-18,33-34H,(H,37,38,39)(H,40,41,42)/b10-9-. The third kappa shape index (κ3) is 5.62. The molecule has 2 aliphatic carbocycles. The molecule has 0 fully saturated rings. The lowest BCUT2D eigenvalue weighted by atomic mass is 10.1. The van der Waals surface area contributed by atoms with E-state index in [1.807, 2.05) is 0 Å². The van der Waals surface area contributed by atoms with Crippen LogP contribution in [0.3, 0.4) is 0 Å². The Morgan fingerprint density at radius 1 is 0.523 bits per heavy atom. The van der Waals surface area contributed by atoms with Gasteiger partial charge in [0, 0.05) is 45.8 Å². The van der Waals surface area contributed by atoms with Crippen molar-refractivity contribution in [3.8, 4) is 0 Å². The third-order valence-corrected chi connectivity index (χ3v) is 8.92. The van der Waals surface area contributed by atoms with Gasteiger partial charge in [0.25, 0.3) is 20.2 Å². The molecule has 0 amide bonds. The highest BCUT2D eigenvalue weighted by atomic mass is 32.2. The quantitative estimate of drug-likeness (QED) is 0.142. The van der Waals surface area contributed by atoms with Gasteiger partial charge in [0.05, 0.1) is 11.4 Å². The SMILES string of the molecule is O=C1C=C(Nc2ccc(/C=C\c3ccc(NC4=CC(=O)c5ccccc54)cc3S(=O)(=O)O)c(S(=O)(=O)O)c2)c2ccccc21. The first kappa shape index (κ1) is 29.0. The number of rotatable bonds is 8. The van der Waals surface area contributed by atoms with Crippen LogP contribution in [0.4, 0.5) is 11.4 Å². The van der Waals surface area contributed by atoms with E-state index >= 15 is 0 Å². The summed E-state index contributed by atoms with van der Waals surface area (Å²) in [6.45, 7) is 0. The van der Waals surface area contributed by atoms with Gasteiger partial charge >= 0.3 is 0 Å². The maximum atomic E-state index is 12.3. The van der Waals surface area contributed by atoms with Crippen LogP contribution in [0.5, 0.6) is 0 Å². The number of anilines is 2. The van der Waals surface area contributed by atoms with Gasteiger partial charge in [-0.15, -0.1) is 0 Å². The zero-order valence-electron chi connectivity index (χ0n) is 22.6. The van der Waals surface area contributed by atoms with Crippen LogP contribution in [0.2, 0.25) is 0 Å². The van der Waals surface area contributed by atoms with E-state index in [2.05, 4.69) is 10.6 Å². The second kappa shape index (κ2) is 10.8. The molecule has 4 aromatic rings. The van der Waals surface area contributed by atoms with Crippen LogP contribution in [0.1, 0.15) is 43.0 Å². The fourth-order valence-corrected chi connectivity index (χ4v) is 6.50. The Kier molecular flexibility index (Phi) is 7.14. The fourth-order valence-electron chi connectivity index (χ4n) is 5.08. The zero-order valence-corrected chi connectivity index (χ0v) is 24.2.